The first-order valence-corrected chi connectivity index (χ1v) is 6.07. The van der Waals surface area contributed by atoms with Crippen LogP contribution in [0.4, 0.5) is 0 Å². The second-order valence-electron chi connectivity index (χ2n) is 4.34. The first kappa shape index (κ1) is 12.0. The van der Waals surface area contributed by atoms with E-state index in [2.05, 4.69) is 41.5 Å². The van der Waals surface area contributed by atoms with Gasteiger partial charge in [0.15, 0.2) is 0 Å². The molecule has 3 nitrogen and oxygen atoms in total. The van der Waals surface area contributed by atoms with Gasteiger partial charge in [-0.05, 0) is 31.3 Å². The third-order valence-corrected chi connectivity index (χ3v) is 2.97. The largest absolute Gasteiger partial charge is 0.330 e. The van der Waals surface area contributed by atoms with Crippen LogP contribution in [0.2, 0.25) is 0 Å². The quantitative estimate of drug-likeness (QED) is 0.825. The van der Waals surface area contributed by atoms with E-state index in [0.717, 1.165) is 25.2 Å². The summed E-state index contributed by atoms with van der Waals surface area (Å²) in [6, 6.07) is 10.8. The van der Waals surface area contributed by atoms with E-state index in [1.54, 1.807) is 0 Å². The Kier molecular flexibility index (Phi) is 4.07. The van der Waals surface area contributed by atoms with Gasteiger partial charge in [0.25, 0.3) is 0 Å². The van der Waals surface area contributed by atoms with Crippen molar-refractivity contribution in [1.29, 1.82) is 0 Å². The number of pyridine rings is 1. The van der Waals surface area contributed by atoms with Crippen molar-refractivity contribution in [2.24, 2.45) is 5.73 Å². The van der Waals surface area contributed by atoms with Crippen LogP contribution in [-0.2, 0) is 6.54 Å². The molecule has 3 N–H and O–H groups in total. The number of fused-ring (bicyclic) bond motifs is 1. The van der Waals surface area contributed by atoms with E-state index in [1.165, 1.54) is 10.8 Å². The zero-order valence-corrected chi connectivity index (χ0v) is 10.2. The number of nitrogens with two attached hydrogens (primary N) is 1. The lowest BCUT2D eigenvalue weighted by Crippen LogP contribution is -2.28. The van der Waals surface area contributed by atoms with Crippen LogP contribution >= 0.6 is 0 Å². The van der Waals surface area contributed by atoms with Crippen molar-refractivity contribution in [3.05, 3.63) is 42.2 Å². The van der Waals surface area contributed by atoms with Gasteiger partial charge in [-0.15, -0.1) is 0 Å². The van der Waals surface area contributed by atoms with Crippen LogP contribution in [0.3, 0.4) is 0 Å². The summed E-state index contributed by atoms with van der Waals surface area (Å²) in [4.78, 5) is 4.45. The second kappa shape index (κ2) is 5.75. The van der Waals surface area contributed by atoms with Crippen LogP contribution < -0.4 is 11.1 Å². The molecule has 1 unspecified atom stereocenters. The molecule has 1 heterocycles. The van der Waals surface area contributed by atoms with Gasteiger partial charge < -0.3 is 11.1 Å². The third-order valence-electron chi connectivity index (χ3n) is 2.97. The maximum atomic E-state index is 5.53. The summed E-state index contributed by atoms with van der Waals surface area (Å²) in [5, 5.41) is 5.92. The predicted octanol–water partition coefficient (Wildman–Crippen LogP) is 2.06. The smallest absolute Gasteiger partial charge is 0.0619 e. The highest BCUT2D eigenvalue weighted by Gasteiger charge is 2.04. The Morgan fingerprint density at radius 1 is 1.29 bits per heavy atom. The monoisotopic (exact) mass is 229 g/mol. The maximum Gasteiger partial charge on any atom is 0.0619 e. The Morgan fingerprint density at radius 2 is 2.12 bits per heavy atom. The molecule has 17 heavy (non-hydrogen) atoms. The Hall–Kier alpha value is -1.45. The number of hydrogen-bond donors (Lipinski definition) is 2. The first-order chi connectivity index (χ1) is 8.31. The minimum atomic E-state index is 0.431. The van der Waals surface area contributed by atoms with Gasteiger partial charge in [-0.3, -0.25) is 4.98 Å². The fourth-order valence-corrected chi connectivity index (χ4v) is 1.95. The molecule has 0 saturated carbocycles. The summed E-state index contributed by atoms with van der Waals surface area (Å²) in [6.45, 7) is 3.66. The number of nitrogens with one attached hydrogen (secondary N) is 1. The van der Waals surface area contributed by atoms with Crippen LogP contribution in [-0.4, -0.2) is 17.6 Å². The van der Waals surface area contributed by atoms with Gasteiger partial charge in [0.05, 0.1) is 5.69 Å². The molecule has 0 aliphatic carbocycles. The van der Waals surface area contributed by atoms with Gasteiger partial charge >= 0.3 is 0 Å². The van der Waals surface area contributed by atoms with E-state index < -0.39 is 0 Å². The fraction of sp³-hybridized carbons (Fsp3) is 0.357. The second-order valence-corrected chi connectivity index (χ2v) is 4.34. The zero-order chi connectivity index (χ0) is 12.1. The standard InChI is InChI=1S/C14H19N3/c1-11(6-8-15)17-10-14-13-5-3-2-4-12(13)7-9-16-14/h2-5,7,9,11,17H,6,8,10,15H2,1H3. The zero-order valence-electron chi connectivity index (χ0n) is 10.2. The van der Waals surface area contributed by atoms with E-state index in [1.807, 2.05) is 12.3 Å². The van der Waals surface area contributed by atoms with Crippen LogP contribution in [0.15, 0.2) is 36.5 Å². The molecule has 0 bridgehead atoms. The fourth-order valence-electron chi connectivity index (χ4n) is 1.95. The highest BCUT2D eigenvalue weighted by Crippen LogP contribution is 2.16. The molecule has 0 amide bonds. The molecular weight excluding hydrogens is 210 g/mol. The van der Waals surface area contributed by atoms with E-state index in [4.69, 9.17) is 5.73 Å². The summed E-state index contributed by atoms with van der Waals surface area (Å²) in [6.07, 6.45) is 2.86. The van der Waals surface area contributed by atoms with Crippen molar-refractivity contribution in [2.75, 3.05) is 6.54 Å². The van der Waals surface area contributed by atoms with Crippen molar-refractivity contribution in [3.63, 3.8) is 0 Å². The highest BCUT2D eigenvalue weighted by molar-refractivity contribution is 5.84. The van der Waals surface area contributed by atoms with Gasteiger partial charge in [-0.25, -0.2) is 0 Å². The Balaban J connectivity index is 2.13. The number of nitrogens with zero attached hydrogens (tertiary/aromatic N) is 1. The molecule has 90 valence electrons. The molecular formula is C14H19N3. The number of benzene rings is 1. The average molecular weight is 229 g/mol. The summed E-state index contributed by atoms with van der Waals surface area (Å²) >= 11 is 0. The molecule has 0 saturated heterocycles. The molecule has 0 radical (unpaired) electrons. The van der Waals surface area contributed by atoms with Crippen molar-refractivity contribution >= 4 is 10.8 Å². The van der Waals surface area contributed by atoms with Crippen LogP contribution in [0, 0.1) is 0 Å². The van der Waals surface area contributed by atoms with E-state index in [0.29, 0.717) is 6.04 Å². The van der Waals surface area contributed by atoms with Gasteiger partial charge in [-0.1, -0.05) is 24.3 Å². The lowest BCUT2D eigenvalue weighted by molar-refractivity contribution is 0.517. The molecule has 0 fully saturated rings. The molecule has 0 aliphatic heterocycles. The molecule has 0 spiro atoms. The van der Waals surface area contributed by atoms with Crippen molar-refractivity contribution < 1.29 is 0 Å². The normalized spacial score (nSPS) is 12.8. The average Bonchev–Trinajstić information content (AvgIpc) is 2.36. The minimum Gasteiger partial charge on any atom is -0.330 e. The first-order valence-electron chi connectivity index (χ1n) is 6.07. The summed E-state index contributed by atoms with van der Waals surface area (Å²) in [5.74, 6) is 0. The Labute approximate surface area is 102 Å². The summed E-state index contributed by atoms with van der Waals surface area (Å²) in [5.41, 5.74) is 6.64. The molecule has 3 heteroatoms. The lowest BCUT2D eigenvalue weighted by atomic mass is 10.1. The number of rotatable bonds is 5. The number of aromatic nitrogens is 1. The van der Waals surface area contributed by atoms with Gasteiger partial charge in [0, 0.05) is 24.2 Å². The maximum absolute atomic E-state index is 5.53. The predicted molar refractivity (Wildman–Crippen MR) is 71.7 cm³/mol. The van der Waals surface area contributed by atoms with E-state index in [9.17, 15) is 0 Å². The Morgan fingerprint density at radius 3 is 2.94 bits per heavy atom. The molecule has 1 aromatic carbocycles. The lowest BCUT2D eigenvalue weighted by Gasteiger charge is -2.13. The van der Waals surface area contributed by atoms with Gasteiger partial charge in [0.1, 0.15) is 0 Å². The van der Waals surface area contributed by atoms with Gasteiger partial charge in [0.2, 0.25) is 0 Å². The Bertz CT molecular complexity index is 476. The third kappa shape index (κ3) is 3.02. The summed E-state index contributed by atoms with van der Waals surface area (Å²) in [7, 11) is 0. The highest BCUT2D eigenvalue weighted by atomic mass is 14.9. The van der Waals surface area contributed by atoms with E-state index in [-0.39, 0.29) is 0 Å². The molecule has 2 aromatic rings. The van der Waals surface area contributed by atoms with Crippen molar-refractivity contribution in [3.8, 4) is 0 Å². The van der Waals surface area contributed by atoms with Gasteiger partial charge in [-0.2, -0.15) is 0 Å². The van der Waals surface area contributed by atoms with Crippen LogP contribution in [0.25, 0.3) is 10.8 Å². The van der Waals surface area contributed by atoms with E-state index >= 15 is 0 Å². The van der Waals surface area contributed by atoms with Crippen molar-refractivity contribution in [1.82, 2.24) is 10.3 Å². The molecule has 1 aromatic heterocycles. The van der Waals surface area contributed by atoms with Crippen LogP contribution in [0.5, 0.6) is 0 Å². The topological polar surface area (TPSA) is 50.9 Å². The molecule has 2 rings (SSSR count). The van der Waals surface area contributed by atoms with Crippen molar-refractivity contribution in [2.45, 2.75) is 25.9 Å². The molecule has 0 aliphatic rings. The summed E-state index contributed by atoms with van der Waals surface area (Å²) < 4.78 is 0. The SMILES string of the molecule is CC(CCN)NCc1nccc2ccccc12. The molecule has 1 atom stereocenters. The number of hydrogen-bond acceptors (Lipinski definition) is 3. The van der Waals surface area contributed by atoms with Crippen LogP contribution in [0.1, 0.15) is 19.0 Å². The minimum absolute atomic E-state index is 0.431.